The number of fused-ring (bicyclic) bond motifs is 5. The molecule has 1 amide bonds. The molecule has 1 saturated heterocycles. The second-order valence-electron chi connectivity index (χ2n) is 9.90. The van der Waals surface area contributed by atoms with Crippen LogP contribution in [-0.4, -0.2) is 30.4 Å². The van der Waals surface area contributed by atoms with Crippen LogP contribution < -0.4 is 5.32 Å². The Hall–Kier alpha value is -1.35. The van der Waals surface area contributed by atoms with Gasteiger partial charge in [0.1, 0.15) is 0 Å². The molecular weight excluding hydrogens is 332 g/mol. The van der Waals surface area contributed by atoms with Gasteiger partial charge in [-0.25, -0.2) is 0 Å². The van der Waals surface area contributed by atoms with E-state index < -0.39 is 0 Å². The molecule has 0 aromatic heterocycles. The van der Waals surface area contributed by atoms with Crippen LogP contribution in [0.4, 0.5) is 0 Å². The maximum atomic E-state index is 11.7. The van der Waals surface area contributed by atoms with Crippen molar-refractivity contribution in [3.63, 3.8) is 0 Å². The Labute approximate surface area is 163 Å². The lowest BCUT2D eigenvalue weighted by Gasteiger charge is -2.46. The minimum atomic E-state index is 0.0941. The summed E-state index contributed by atoms with van der Waals surface area (Å²) < 4.78 is 0. The molecule has 1 spiro atoms. The number of carbonyl (C=O) groups is 1. The molecule has 3 saturated carbocycles. The highest BCUT2D eigenvalue weighted by molar-refractivity contribution is 5.73. The molecule has 1 unspecified atom stereocenters. The molecule has 1 aromatic rings. The summed E-state index contributed by atoms with van der Waals surface area (Å²) >= 11 is 0. The molecule has 1 aliphatic heterocycles. The number of amides is 1. The van der Waals surface area contributed by atoms with Gasteiger partial charge < -0.3 is 10.2 Å². The zero-order chi connectivity index (χ0) is 18.4. The molecule has 4 aliphatic carbocycles. The normalized spacial score (nSPS) is 34.6. The fraction of sp³-hybridized carbons (Fsp3) is 0.708. The maximum absolute atomic E-state index is 11.7. The second kappa shape index (κ2) is 6.92. The smallest absolute Gasteiger partial charge is 0.217 e. The first kappa shape index (κ1) is 17.7. The summed E-state index contributed by atoms with van der Waals surface area (Å²) in [6.45, 7) is 5.45. The van der Waals surface area contributed by atoms with Crippen molar-refractivity contribution in [2.24, 2.45) is 17.8 Å². The lowest BCUT2D eigenvalue weighted by atomic mass is 9.64. The van der Waals surface area contributed by atoms with Gasteiger partial charge in [-0.1, -0.05) is 37.1 Å². The third-order valence-corrected chi connectivity index (χ3v) is 8.38. The van der Waals surface area contributed by atoms with E-state index >= 15 is 0 Å². The van der Waals surface area contributed by atoms with E-state index in [4.69, 9.17) is 0 Å². The molecule has 4 fully saturated rings. The Morgan fingerprint density at radius 3 is 2.56 bits per heavy atom. The summed E-state index contributed by atoms with van der Waals surface area (Å²) in [6, 6.07) is 9.07. The highest BCUT2D eigenvalue weighted by Gasteiger charge is 2.46. The number of hydrogen-bond acceptors (Lipinski definition) is 2. The third-order valence-electron chi connectivity index (χ3n) is 8.38. The summed E-state index contributed by atoms with van der Waals surface area (Å²) in [5.74, 6) is 3.12. The number of likely N-dealkylation sites (tertiary alicyclic amines) is 1. The van der Waals surface area contributed by atoms with Crippen LogP contribution in [0, 0.1) is 17.8 Å². The zero-order valence-electron chi connectivity index (χ0n) is 16.8. The average molecular weight is 367 g/mol. The van der Waals surface area contributed by atoms with Crippen molar-refractivity contribution >= 4 is 5.91 Å². The van der Waals surface area contributed by atoms with Crippen molar-refractivity contribution in [2.45, 2.75) is 69.7 Å². The van der Waals surface area contributed by atoms with Crippen LogP contribution in [0.1, 0.15) is 75.5 Å². The molecule has 0 radical (unpaired) electrons. The average Bonchev–Trinajstić information content (AvgIpc) is 2.98. The topological polar surface area (TPSA) is 32.3 Å². The van der Waals surface area contributed by atoms with Crippen LogP contribution in [0.2, 0.25) is 0 Å². The molecule has 1 aromatic carbocycles. The van der Waals surface area contributed by atoms with Crippen LogP contribution >= 0.6 is 0 Å². The van der Waals surface area contributed by atoms with E-state index in [2.05, 4.69) is 34.5 Å². The van der Waals surface area contributed by atoms with Gasteiger partial charge in [-0.3, -0.25) is 4.79 Å². The Bertz CT molecular complexity index is 698. The summed E-state index contributed by atoms with van der Waals surface area (Å²) in [7, 11) is 0. The SMILES string of the molecule is CC(=O)NC1CC2(CCN(C[C@H]3CC4CCC3CC4)CC2)c2ccccc21. The molecule has 5 aliphatic rings. The van der Waals surface area contributed by atoms with E-state index in [0.29, 0.717) is 0 Å². The number of piperidine rings is 1. The van der Waals surface area contributed by atoms with Gasteiger partial charge in [0.05, 0.1) is 6.04 Å². The standard InChI is InChI=1S/C24H34N2O/c1-17(27)25-23-15-24(22-5-3-2-4-21(22)23)10-12-26(13-11-24)16-20-14-18-6-8-19(20)9-7-18/h2-5,18-20,23H,6-16H2,1H3,(H,25,27)/t18?,19?,20-,23?/m1/s1. The first-order valence-corrected chi connectivity index (χ1v) is 11.2. The quantitative estimate of drug-likeness (QED) is 0.858. The highest BCUT2D eigenvalue weighted by atomic mass is 16.1. The molecule has 1 N–H and O–H groups in total. The minimum absolute atomic E-state index is 0.0941. The lowest BCUT2D eigenvalue weighted by molar-refractivity contribution is -0.119. The first-order valence-electron chi connectivity index (χ1n) is 11.2. The van der Waals surface area contributed by atoms with Crippen molar-refractivity contribution in [2.75, 3.05) is 19.6 Å². The maximum Gasteiger partial charge on any atom is 0.217 e. The van der Waals surface area contributed by atoms with Crippen LogP contribution in [0.5, 0.6) is 0 Å². The molecule has 3 nitrogen and oxygen atoms in total. The van der Waals surface area contributed by atoms with Gasteiger partial charge in [-0.05, 0) is 80.5 Å². The molecular formula is C24H34N2O. The monoisotopic (exact) mass is 366 g/mol. The van der Waals surface area contributed by atoms with Crippen molar-refractivity contribution in [1.82, 2.24) is 10.2 Å². The van der Waals surface area contributed by atoms with Gasteiger partial charge in [0.15, 0.2) is 0 Å². The third kappa shape index (κ3) is 3.22. The summed E-state index contributed by atoms with van der Waals surface area (Å²) in [5, 5.41) is 3.21. The largest absolute Gasteiger partial charge is 0.349 e. The van der Waals surface area contributed by atoms with Gasteiger partial charge >= 0.3 is 0 Å². The summed E-state index contributed by atoms with van der Waals surface area (Å²) in [4.78, 5) is 14.5. The molecule has 146 valence electrons. The molecule has 1 heterocycles. The Morgan fingerprint density at radius 1 is 1.15 bits per heavy atom. The van der Waals surface area contributed by atoms with Crippen molar-refractivity contribution in [1.29, 1.82) is 0 Å². The predicted molar refractivity (Wildman–Crippen MR) is 109 cm³/mol. The van der Waals surface area contributed by atoms with E-state index in [1.54, 1.807) is 6.92 Å². The number of hydrogen-bond donors (Lipinski definition) is 1. The van der Waals surface area contributed by atoms with E-state index in [0.717, 1.165) is 24.2 Å². The first-order chi connectivity index (χ1) is 13.1. The Morgan fingerprint density at radius 2 is 1.89 bits per heavy atom. The fourth-order valence-electron chi connectivity index (χ4n) is 6.98. The van der Waals surface area contributed by atoms with E-state index in [9.17, 15) is 4.79 Å². The molecule has 6 rings (SSSR count). The van der Waals surface area contributed by atoms with E-state index in [-0.39, 0.29) is 17.4 Å². The van der Waals surface area contributed by atoms with Crippen molar-refractivity contribution in [3.05, 3.63) is 35.4 Å². The number of carbonyl (C=O) groups excluding carboxylic acids is 1. The van der Waals surface area contributed by atoms with Crippen LogP contribution in [-0.2, 0) is 10.2 Å². The summed E-state index contributed by atoms with van der Waals surface area (Å²) in [5.41, 5.74) is 3.16. The highest BCUT2D eigenvalue weighted by Crippen LogP contribution is 2.51. The minimum Gasteiger partial charge on any atom is -0.349 e. The van der Waals surface area contributed by atoms with Gasteiger partial charge in [-0.2, -0.15) is 0 Å². The number of rotatable bonds is 3. The lowest BCUT2D eigenvalue weighted by Crippen LogP contribution is -2.46. The number of nitrogens with one attached hydrogen (secondary N) is 1. The van der Waals surface area contributed by atoms with Crippen molar-refractivity contribution in [3.8, 4) is 0 Å². The Kier molecular flexibility index (Phi) is 4.54. The molecule has 27 heavy (non-hydrogen) atoms. The van der Waals surface area contributed by atoms with Gasteiger partial charge in [0.2, 0.25) is 5.91 Å². The number of benzene rings is 1. The van der Waals surface area contributed by atoms with Crippen LogP contribution in [0.25, 0.3) is 0 Å². The second-order valence-corrected chi connectivity index (χ2v) is 9.90. The van der Waals surface area contributed by atoms with E-state index in [1.165, 1.54) is 75.7 Å². The van der Waals surface area contributed by atoms with Gasteiger partial charge in [-0.15, -0.1) is 0 Å². The van der Waals surface area contributed by atoms with E-state index in [1.807, 2.05) is 0 Å². The van der Waals surface area contributed by atoms with Crippen LogP contribution in [0.15, 0.2) is 24.3 Å². The van der Waals surface area contributed by atoms with Crippen molar-refractivity contribution < 1.29 is 4.79 Å². The molecule has 3 heteroatoms. The molecule has 2 bridgehead atoms. The Balaban J connectivity index is 1.26. The number of nitrogens with zero attached hydrogens (tertiary/aromatic N) is 1. The van der Waals surface area contributed by atoms with Gasteiger partial charge in [0, 0.05) is 18.9 Å². The fourth-order valence-corrected chi connectivity index (χ4v) is 6.98. The van der Waals surface area contributed by atoms with Crippen LogP contribution in [0.3, 0.4) is 0 Å². The summed E-state index contributed by atoms with van der Waals surface area (Å²) in [6.07, 6.45) is 11.1. The predicted octanol–water partition coefficient (Wildman–Crippen LogP) is 4.43. The zero-order valence-corrected chi connectivity index (χ0v) is 16.8. The molecule has 2 atom stereocenters. The van der Waals surface area contributed by atoms with Gasteiger partial charge in [0.25, 0.3) is 0 Å².